The number of ether oxygens (including phenoxy) is 2. The molecule has 0 aromatic heterocycles. The number of rotatable bonds is 4. The lowest BCUT2D eigenvalue weighted by Gasteiger charge is -2.11. The standard InChI is InChI=1S/C9H15NO3/c1-3-12-7(2)13-6-8-4-5-9(11)10-8/h6-7H,3-5H2,1-2H3,(H,10,11)/b8-6-. The summed E-state index contributed by atoms with van der Waals surface area (Å²) >= 11 is 0. The van der Waals surface area contributed by atoms with Crippen molar-refractivity contribution >= 4 is 5.91 Å². The maximum atomic E-state index is 10.8. The fourth-order valence-corrected chi connectivity index (χ4v) is 1.09. The van der Waals surface area contributed by atoms with Gasteiger partial charge < -0.3 is 14.8 Å². The van der Waals surface area contributed by atoms with Crippen LogP contribution in [0.5, 0.6) is 0 Å². The molecule has 1 aliphatic heterocycles. The fraction of sp³-hybridized carbons (Fsp3) is 0.667. The molecule has 1 atom stereocenters. The summed E-state index contributed by atoms with van der Waals surface area (Å²) < 4.78 is 10.4. The van der Waals surface area contributed by atoms with Gasteiger partial charge in [-0.25, -0.2) is 0 Å². The smallest absolute Gasteiger partial charge is 0.224 e. The molecular weight excluding hydrogens is 170 g/mol. The van der Waals surface area contributed by atoms with Crippen LogP contribution in [0.1, 0.15) is 26.7 Å². The monoisotopic (exact) mass is 185 g/mol. The molecule has 4 nitrogen and oxygen atoms in total. The zero-order valence-corrected chi connectivity index (χ0v) is 8.00. The van der Waals surface area contributed by atoms with Gasteiger partial charge in [-0.2, -0.15) is 0 Å². The molecule has 13 heavy (non-hydrogen) atoms. The Balaban J connectivity index is 2.27. The summed E-state index contributed by atoms with van der Waals surface area (Å²) in [4.78, 5) is 10.8. The van der Waals surface area contributed by atoms with Gasteiger partial charge in [-0.15, -0.1) is 0 Å². The molecule has 0 aromatic carbocycles. The van der Waals surface area contributed by atoms with Crippen molar-refractivity contribution < 1.29 is 14.3 Å². The van der Waals surface area contributed by atoms with Gasteiger partial charge in [0.05, 0.1) is 5.70 Å². The van der Waals surface area contributed by atoms with Gasteiger partial charge in [0.25, 0.3) is 0 Å². The molecule has 1 rings (SSSR count). The number of carbonyl (C=O) groups is 1. The van der Waals surface area contributed by atoms with E-state index < -0.39 is 0 Å². The largest absolute Gasteiger partial charge is 0.471 e. The van der Waals surface area contributed by atoms with E-state index in [2.05, 4.69) is 5.32 Å². The van der Waals surface area contributed by atoms with Gasteiger partial charge in [0.2, 0.25) is 5.91 Å². The highest BCUT2D eigenvalue weighted by molar-refractivity contribution is 5.80. The SMILES string of the molecule is CCOC(C)O/C=C1/CCC(=O)N1. The lowest BCUT2D eigenvalue weighted by Crippen LogP contribution is -2.14. The Kier molecular flexibility index (Phi) is 3.76. The van der Waals surface area contributed by atoms with Crippen LogP contribution in [0.2, 0.25) is 0 Å². The first-order valence-corrected chi connectivity index (χ1v) is 4.48. The minimum atomic E-state index is -0.255. The Morgan fingerprint density at radius 3 is 2.92 bits per heavy atom. The molecule has 4 heteroatoms. The molecule has 1 fully saturated rings. The van der Waals surface area contributed by atoms with Crippen molar-refractivity contribution in [1.82, 2.24) is 5.32 Å². The topological polar surface area (TPSA) is 47.6 Å². The number of hydrogen-bond donors (Lipinski definition) is 1. The lowest BCUT2D eigenvalue weighted by molar-refractivity contribution is -0.119. The van der Waals surface area contributed by atoms with E-state index in [1.165, 1.54) is 0 Å². The van der Waals surface area contributed by atoms with E-state index in [-0.39, 0.29) is 12.2 Å². The van der Waals surface area contributed by atoms with E-state index in [0.717, 1.165) is 12.1 Å². The van der Waals surface area contributed by atoms with Crippen molar-refractivity contribution in [3.05, 3.63) is 12.0 Å². The molecular formula is C9H15NO3. The molecule has 0 bridgehead atoms. The summed E-state index contributed by atoms with van der Waals surface area (Å²) in [6, 6.07) is 0. The predicted octanol–water partition coefficient (Wildman–Crippen LogP) is 1.14. The van der Waals surface area contributed by atoms with Crippen LogP contribution < -0.4 is 5.32 Å². The molecule has 1 aliphatic rings. The quantitative estimate of drug-likeness (QED) is 0.527. The molecule has 1 N–H and O–H groups in total. The third-order valence-corrected chi connectivity index (χ3v) is 1.72. The average Bonchev–Trinajstić information content (AvgIpc) is 2.49. The van der Waals surface area contributed by atoms with Gasteiger partial charge >= 0.3 is 0 Å². The first-order chi connectivity index (χ1) is 6.22. The van der Waals surface area contributed by atoms with Crippen LogP contribution in [0, 0.1) is 0 Å². The summed E-state index contributed by atoms with van der Waals surface area (Å²) in [5, 5.41) is 2.69. The summed E-state index contributed by atoms with van der Waals surface area (Å²) in [5.74, 6) is 0.0545. The van der Waals surface area contributed by atoms with E-state index in [4.69, 9.17) is 9.47 Å². The molecule has 0 aromatic rings. The second-order valence-electron chi connectivity index (χ2n) is 2.85. The first kappa shape index (κ1) is 10.1. The van der Waals surface area contributed by atoms with E-state index in [9.17, 15) is 4.79 Å². The number of nitrogens with one attached hydrogen (secondary N) is 1. The number of carbonyl (C=O) groups excluding carboxylic acids is 1. The average molecular weight is 185 g/mol. The molecule has 0 radical (unpaired) electrons. The van der Waals surface area contributed by atoms with Crippen LogP contribution in [0.3, 0.4) is 0 Å². The summed E-state index contributed by atoms with van der Waals surface area (Å²) in [7, 11) is 0. The second-order valence-corrected chi connectivity index (χ2v) is 2.85. The summed E-state index contributed by atoms with van der Waals surface area (Å²) in [6.45, 7) is 4.35. The van der Waals surface area contributed by atoms with Crippen molar-refractivity contribution in [3.63, 3.8) is 0 Å². The van der Waals surface area contributed by atoms with Crippen LogP contribution >= 0.6 is 0 Å². The highest BCUT2D eigenvalue weighted by atomic mass is 16.7. The van der Waals surface area contributed by atoms with Gasteiger partial charge in [0, 0.05) is 13.0 Å². The summed E-state index contributed by atoms with van der Waals surface area (Å²) in [6.07, 6.45) is 2.59. The first-order valence-electron chi connectivity index (χ1n) is 4.48. The van der Waals surface area contributed by atoms with E-state index >= 15 is 0 Å². The minimum Gasteiger partial charge on any atom is -0.471 e. The molecule has 1 saturated heterocycles. The zero-order valence-electron chi connectivity index (χ0n) is 8.00. The molecule has 74 valence electrons. The van der Waals surface area contributed by atoms with E-state index in [0.29, 0.717) is 13.0 Å². The minimum absolute atomic E-state index is 0.0545. The third kappa shape index (κ3) is 3.46. The van der Waals surface area contributed by atoms with Crippen LogP contribution in [0.25, 0.3) is 0 Å². The number of amides is 1. The molecule has 1 amide bonds. The highest BCUT2D eigenvalue weighted by Crippen LogP contribution is 2.10. The fourth-order valence-electron chi connectivity index (χ4n) is 1.09. The van der Waals surface area contributed by atoms with Gasteiger partial charge in [0.15, 0.2) is 6.29 Å². The Morgan fingerprint density at radius 2 is 2.38 bits per heavy atom. The Bertz CT molecular complexity index is 213. The maximum absolute atomic E-state index is 10.8. The molecule has 0 aliphatic carbocycles. The van der Waals surface area contributed by atoms with Crippen molar-refractivity contribution in [2.75, 3.05) is 6.61 Å². The highest BCUT2D eigenvalue weighted by Gasteiger charge is 2.14. The number of allylic oxidation sites excluding steroid dienone is 1. The van der Waals surface area contributed by atoms with Gasteiger partial charge in [-0.05, 0) is 20.3 Å². The van der Waals surface area contributed by atoms with Crippen molar-refractivity contribution in [3.8, 4) is 0 Å². The Labute approximate surface area is 77.9 Å². The second kappa shape index (κ2) is 4.87. The van der Waals surface area contributed by atoms with Crippen LogP contribution in [-0.4, -0.2) is 18.8 Å². The Hall–Kier alpha value is -1.03. The lowest BCUT2D eigenvalue weighted by atomic mass is 10.3. The number of hydrogen-bond acceptors (Lipinski definition) is 3. The van der Waals surface area contributed by atoms with Gasteiger partial charge in [0.1, 0.15) is 6.26 Å². The van der Waals surface area contributed by atoms with Gasteiger partial charge in [-0.1, -0.05) is 0 Å². The predicted molar refractivity (Wildman–Crippen MR) is 47.6 cm³/mol. The van der Waals surface area contributed by atoms with E-state index in [1.807, 2.05) is 13.8 Å². The van der Waals surface area contributed by atoms with Crippen molar-refractivity contribution in [1.29, 1.82) is 0 Å². The summed E-state index contributed by atoms with van der Waals surface area (Å²) in [5.41, 5.74) is 0.830. The van der Waals surface area contributed by atoms with E-state index in [1.54, 1.807) is 6.26 Å². The van der Waals surface area contributed by atoms with Crippen LogP contribution in [0.15, 0.2) is 12.0 Å². The molecule has 1 unspecified atom stereocenters. The Morgan fingerprint density at radius 1 is 1.62 bits per heavy atom. The normalized spacial score (nSPS) is 21.7. The van der Waals surface area contributed by atoms with Gasteiger partial charge in [-0.3, -0.25) is 4.79 Å². The zero-order chi connectivity index (χ0) is 9.68. The maximum Gasteiger partial charge on any atom is 0.224 e. The van der Waals surface area contributed by atoms with Crippen molar-refractivity contribution in [2.45, 2.75) is 33.0 Å². The molecule has 0 spiro atoms. The van der Waals surface area contributed by atoms with Crippen LogP contribution in [-0.2, 0) is 14.3 Å². The van der Waals surface area contributed by atoms with Crippen LogP contribution in [0.4, 0.5) is 0 Å². The molecule has 1 heterocycles. The molecule has 0 saturated carbocycles. The third-order valence-electron chi connectivity index (χ3n) is 1.72. The van der Waals surface area contributed by atoms with Crippen molar-refractivity contribution in [2.24, 2.45) is 0 Å².